The molecule has 158 valence electrons. The van der Waals surface area contributed by atoms with Crippen LogP contribution in [0.25, 0.3) is 0 Å². The Balaban J connectivity index is 1.85. The van der Waals surface area contributed by atoms with Crippen LogP contribution in [-0.2, 0) is 15.8 Å². The molecule has 0 saturated carbocycles. The SMILES string of the molecule is CC(C)(C)CC(O)C(OCc1ccccc1)O[SiH](c1ccccc1)c1ccccc1. The molecule has 3 aromatic carbocycles. The summed E-state index contributed by atoms with van der Waals surface area (Å²) in [5.41, 5.74) is 1.03. The van der Waals surface area contributed by atoms with Gasteiger partial charge in [0.25, 0.3) is 0 Å². The fourth-order valence-corrected chi connectivity index (χ4v) is 5.83. The normalized spacial score (nSPS) is 13.9. The average Bonchev–Trinajstić information content (AvgIpc) is 2.74. The first-order valence-electron chi connectivity index (χ1n) is 10.5. The number of rotatable bonds is 9. The van der Waals surface area contributed by atoms with E-state index in [1.807, 2.05) is 66.7 Å². The molecule has 3 nitrogen and oxygen atoms in total. The quantitative estimate of drug-likeness (QED) is 0.422. The zero-order valence-corrected chi connectivity index (χ0v) is 19.2. The summed E-state index contributed by atoms with van der Waals surface area (Å²) in [5, 5.41) is 13.4. The highest BCUT2D eigenvalue weighted by Crippen LogP contribution is 2.24. The minimum Gasteiger partial charge on any atom is -0.388 e. The standard InChI is InChI=1S/C26H32O3Si/c1-26(2,3)19-24(27)25(28-20-21-13-7-4-8-14-21)29-30(22-15-9-5-10-16-22)23-17-11-6-12-18-23/h4-18,24-25,27,30H,19-20H2,1-3H3. The summed E-state index contributed by atoms with van der Waals surface area (Å²) in [4.78, 5) is 0. The molecule has 0 bridgehead atoms. The summed E-state index contributed by atoms with van der Waals surface area (Å²) in [6.07, 6.45) is -0.811. The first kappa shape index (κ1) is 22.4. The highest BCUT2D eigenvalue weighted by molar-refractivity contribution is 6.80. The summed E-state index contributed by atoms with van der Waals surface area (Å²) < 4.78 is 12.8. The zero-order valence-electron chi connectivity index (χ0n) is 18.1. The minimum atomic E-state index is -2.04. The van der Waals surface area contributed by atoms with Gasteiger partial charge < -0.3 is 14.3 Å². The molecule has 1 N–H and O–H groups in total. The minimum absolute atomic E-state index is 0.0340. The molecule has 0 amide bonds. The molecule has 0 aliphatic heterocycles. The number of hydrogen-bond acceptors (Lipinski definition) is 3. The second-order valence-electron chi connectivity index (χ2n) is 8.83. The predicted octanol–water partition coefficient (Wildman–Crippen LogP) is 3.88. The monoisotopic (exact) mass is 420 g/mol. The van der Waals surface area contributed by atoms with Gasteiger partial charge in [0.1, 0.15) is 6.10 Å². The Morgan fingerprint density at radius 1 is 0.767 bits per heavy atom. The molecule has 2 unspecified atom stereocenters. The van der Waals surface area contributed by atoms with Crippen LogP contribution >= 0.6 is 0 Å². The van der Waals surface area contributed by atoms with Crippen LogP contribution in [0.5, 0.6) is 0 Å². The van der Waals surface area contributed by atoms with E-state index in [0.717, 1.165) is 5.56 Å². The number of aliphatic hydroxyl groups excluding tert-OH is 1. The second kappa shape index (κ2) is 10.7. The maximum absolute atomic E-state index is 11.0. The Morgan fingerprint density at radius 2 is 1.23 bits per heavy atom. The molecule has 2 atom stereocenters. The maximum Gasteiger partial charge on any atom is 0.243 e. The molecule has 0 aliphatic rings. The van der Waals surface area contributed by atoms with E-state index < -0.39 is 21.4 Å². The first-order chi connectivity index (χ1) is 14.4. The Morgan fingerprint density at radius 3 is 1.70 bits per heavy atom. The van der Waals surface area contributed by atoms with Crippen LogP contribution in [0.2, 0.25) is 0 Å². The van der Waals surface area contributed by atoms with Gasteiger partial charge in [0.2, 0.25) is 9.04 Å². The first-order valence-corrected chi connectivity index (χ1v) is 12.1. The van der Waals surface area contributed by atoms with Crippen molar-refractivity contribution in [3.05, 3.63) is 96.6 Å². The third-order valence-electron chi connectivity index (χ3n) is 4.87. The Bertz CT molecular complexity index is 824. The van der Waals surface area contributed by atoms with E-state index in [2.05, 4.69) is 45.0 Å². The fourth-order valence-electron chi connectivity index (χ4n) is 3.46. The molecule has 0 fully saturated rings. The average molecular weight is 421 g/mol. The van der Waals surface area contributed by atoms with E-state index in [9.17, 15) is 5.11 Å². The Hall–Kier alpha value is -2.24. The van der Waals surface area contributed by atoms with Gasteiger partial charge in [-0.05, 0) is 27.8 Å². The van der Waals surface area contributed by atoms with Gasteiger partial charge in [-0.25, -0.2) is 0 Å². The molecular weight excluding hydrogens is 388 g/mol. The second-order valence-corrected chi connectivity index (χ2v) is 11.2. The van der Waals surface area contributed by atoms with E-state index in [1.165, 1.54) is 10.4 Å². The molecule has 30 heavy (non-hydrogen) atoms. The molecule has 0 aliphatic carbocycles. The molecule has 3 rings (SSSR count). The third-order valence-corrected chi connectivity index (χ3v) is 7.39. The lowest BCUT2D eigenvalue weighted by molar-refractivity contribution is -0.160. The van der Waals surface area contributed by atoms with Crippen molar-refractivity contribution in [2.75, 3.05) is 0 Å². The summed E-state index contributed by atoms with van der Waals surface area (Å²) in [7, 11) is -2.04. The van der Waals surface area contributed by atoms with E-state index in [1.54, 1.807) is 0 Å². The third kappa shape index (κ3) is 6.92. The largest absolute Gasteiger partial charge is 0.388 e. The molecule has 0 aromatic heterocycles. The van der Waals surface area contributed by atoms with Crippen LogP contribution in [0, 0.1) is 5.41 Å². The van der Waals surface area contributed by atoms with Gasteiger partial charge in [0.15, 0.2) is 6.29 Å². The van der Waals surface area contributed by atoms with Crippen molar-refractivity contribution in [2.24, 2.45) is 5.41 Å². The molecular formula is C26H32O3Si. The predicted molar refractivity (Wildman–Crippen MR) is 125 cm³/mol. The number of benzene rings is 3. The Labute approximate surface area is 182 Å². The molecule has 0 radical (unpaired) electrons. The maximum atomic E-state index is 11.0. The van der Waals surface area contributed by atoms with Gasteiger partial charge in [-0.2, -0.15) is 0 Å². The van der Waals surface area contributed by atoms with E-state index >= 15 is 0 Å². The fraction of sp³-hybridized carbons (Fsp3) is 0.308. The summed E-state index contributed by atoms with van der Waals surface area (Å²) >= 11 is 0. The van der Waals surface area contributed by atoms with E-state index in [0.29, 0.717) is 13.0 Å². The van der Waals surface area contributed by atoms with Gasteiger partial charge in [0.05, 0.1) is 6.61 Å². The van der Waals surface area contributed by atoms with Crippen LogP contribution in [0.4, 0.5) is 0 Å². The van der Waals surface area contributed by atoms with Gasteiger partial charge in [0, 0.05) is 0 Å². The molecule has 0 spiro atoms. The highest BCUT2D eigenvalue weighted by Gasteiger charge is 2.30. The van der Waals surface area contributed by atoms with Gasteiger partial charge >= 0.3 is 0 Å². The zero-order chi connectivity index (χ0) is 21.4. The topological polar surface area (TPSA) is 38.7 Å². The van der Waals surface area contributed by atoms with Crippen LogP contribution in [0.15, 0.2) is 91.0 Å². The van der Waals surface area contributed by atoms with Gasteiger partial charge in [-0.1, -0.05) is 112 Å². The van der Waals surface area contributed by atoms with Crippen molar-refractivity contribution >= 4 is 19.4 Å². The highest BCUT2D eigenvalue weighted by atomic mass is 28.3. The van der Waals surface area contributed by atoms with Crippen molar-refractivity contribution in [3.63, 3.8) is 0 Å². The van der Waals surface area contributed by atoms with Crippen molar-refractivity contribution in [2.45, 2.75) is 46.2 Å². The van der Waals surface area contributed by atoms with Crippen LogP contribution < -0.4 is 10.4 Å². The van der Waals surface area contributed by atoms with Crippen LogP contribution in [0.3, 0.4) is 0 Å². The Kier molecular flexibility index (Phi) is 7.99. The smallest absolute Gasteiger partial charge is 0.243 e. The lowest BCUT2D eigenvalue weighted by Crippen LogP contribution is -2.50. The van der Waals surface area contributed by atoms with Crippen LogP contribution in [-0.4, -0.2) is 26.5 Å². The number of aliphatic hydroxyl groups is 1. The molecule has 0 saturated heterocycles. The molecule has 3 aromatic rings. The van der Waals surface area contributed by atoms with Crippen molar-refractivity contribution in [1.82, 2.24) is 0 Å². The molecule has 4 heteroatoms. The van der Waals surface area contributed by atoms with Gasteiger partial charge in [-0.15, -0.1) is 0 Å². The van der Waals surface area contributed by atoms with Crippen LogP contribution in [0.1, 0.15) is 32.8 Å². The van der Waals surface area contributed by atoms with E-state index in [-0.39, 0.29) is 5.41 Å². The van der Waals surface area contributed by atoms with Crippen molar-refractivity contribution in [3.8, 4) is 0 Å². The lowest BCUT2D eigenvalue weighted by Gasteiger charge is -2.31. The number of hydrogen-bond donors (Lipinski definition) is 1. The van der Waals surface area contributed by atoms with Crippen molar-refractivity contribution in [1.29, 1.82) is 0 Å². The summed E-state index contributed by atoms with van der Waals surface area (Å²) in [6.45, 7) is 6.76. The summed E-state index contributed by atoms with van der Waals surface area (Å²) in [5.74, 6) is 0. The molecule has 0 heterocycles. The van der Waals surface area contributed by atoms with Crippen molar-refractivity contribution < 1.29 is 14.3 Å². The van der Waals surface area contributed by atoms with Gasteiger partial charge in [-0.3, -0.25) is 0 Å². The number of ether oxygens (including phenoxy) is 1. The van der Waals surface area contributed by atoms with E-state index in [4.69, 9.17) is 9.16 Å². The summed E-state index contributed by atoms with van der Waals surface area (Å²) in [6, 6.07) is 30.6. The lowest BCUT2D eigenvalue weighted by atomic mass is 9.89.